The third-order valence-corrected chi connectivity index (χ3v) is 5.44. The van der Waals surface area contributed by atoms with Crippen molar-refractivity contribution < 1.29 is 8.42 Å². The van der Waals surface area contributed by atoms with Crippen LogP contribution in [-0.4, -0.2) is 48.0 Å². The van der Waals surface area contributed by atoms with Gasteiger partial charge in [-0.1, -0.05) is 0 Å². The van der Waals surface area contributed by atoms with Gasteiger partial charge in [-0.3, -0.25) is 0 Å². The van der Waals surface area contributed by atoms with E-state index in [1.165, 1.54) is 10.6 Å². The van der Waals surface area contributed by atoms with Crippen molar-refractivity contribution in [1.29, 1.82) is 0 Å². The lowest BCUT2D eigenvalue weighted by molar-refractivity contribution is 0.178. The van der Waals surface area contributed by atoms with Crippen LogP contribution in [0.25, 0.3) is 0 Å². The summed E-state index contributed by atoms with van der Waals surface area (Å²) >= 11 is 0. The molecular formula is C11H19N7O2S. The Morgan fingerprint density at radius 1 is 1.43 bits per heavy atom. The second kappa shape index (κ2) is 4.68. The number of anilines is 1. The lowest BCUT2D eigenvalue weighted by Crippen LogP contribution is -2.52. The summed E-state index contributed by atoms with van der Waals surface area (Å²) in [6, 6.07) is 0. The lowest BCUT2D eigenvalue weighted by atomic mass is 9.83. The minimum absolute atomic E-state index is 0.00431. The predicted molar refractivity (Wildman–Crippen MR) is 78.8 cm³/mol. The summed E-state index contributed by atoms with van der Waals surface area (Å²) < 4.78 is 24.6. The average molecular weight is 313 g/mol. The van der Waals surface area contributed by atoms with Crippen LogP contribution in [0.3, 0.4) is 0 Å². The molecule has 6 N–H and O–H groups in total. The number of imidazole rings is 1. The number of rotatable bonds is 2. The van der Waals surface area contributed by atoms with Crippen molar-refractivity contribution >= 4 is 21.8 Å². The number of aliphatic imine (C=N–C) groups is 1. The number of piperidine rings is 1. The second-order valence-electron chi connectivity index (χ2n) is 5.51. The number of fused-ring (bicyclic) bond motifs is 1. The van der Waals surface area contributed by atoms with Gasteiger partial charge in [0.2, 0.25) is 10.0 Å². The third-order valence-electron chi connectivity index (χ3n) is 4.14. The zero-order valence-electron chi connectivity index (χ0n) is 11.7. The Bertz CT molecular complexity index is 674. The van der Waals surface area contributed by atoms with Gasteiger partial charge in [0.25, 0.3) is 0 Å². The molecule has 0 bridgehead atoms. The first-order valence-electron chi connectivity index (χ1n) is 6.71. The summed E-state index contributed by atoms with van der Waals surface area (Å²) in [7, 11) is -3.16. The third kappa shape index (κ3) is 2.39. The van der Waals surface area contributed by atoms with E-state index in [-0.39, 0.29) is 11.9 Å². The number of nitrogens with two attached hydrogens (primary N) is 2. The lowest BCUT2D eigenvalue weighted by Gasteiger charge is -2.40. The van der Waals surface area contributed by atoms with Crippen LogP contribution in [0.15, 0.2) is 11.3 Å². The van der Waals surface area contributed by atoms with Gasteiger partial charge in [-0.15, -0.1) is 0 Å². The molecule has 0 spiro atoms. The summed E-state index contributed by atoms with van der Waals surface area (Å²) in [6.45, 7) is 0.879. The fraction of sp³-hybridized carbons (Fsp3) is 0.636. The van der Waals surface area contributed by atoms with E-state index in [9.17, 15) is 8.42 Å². The highest BCUT2D eigenvalue weighted by atomic mass is 32.2. The van der Waals surface area contributed by atoms with Crippen molar-refractivity contribution in [2.75, 3.05) is 24.7 Å². The van der Waals surface area contributed by atoms with E-state index in [1.807, 2.05) is 0 Å². The molecule has 0 aromatic carbocycles. The molecular weight excluding hydrogens is 294 g/mol. The number of guanidine groups is 1. The molecule has 2 aliphatic rings. The predicted octanol–water partition coefficient (Wildman–Crippen LogP) is -1.07. The number of hydrogen-bond donors (Lipinski definition) is 4. The van der Waals surface area contributed by atoms with Crippen LogP contribution < -0.4 is 16.8 Å². The Hall–Kier alpha value is -1.65. The molecule has 10 heteroatoms. The summed E-state index contributed by atoms with van der Waals surface area (Å²) in [4.78, 5) is 11.5. The molecule has 1 aromatic heterocycles. The highest BCUT2D eigenvalue weighted by molar-refractivity contribution is 7.88. The van der Waals surface area contributed by atoms with Gasteiger partial charge in [0.05, 0.1) is 12.6 Å². The molecule has 3 rings (SSSR count). The normalized spacial score (nSPS) is 27.8. The number of sulfonamides is 1. The van der Waals surface area contributed by atoms with Crippen molar-refractivity contribution in [3.8, 4) is 0 Å². The number of aromatic amines is 1. The zero-order valence-corrected chi connectivity index (χ0v) is 12.5. The first kappa shape index (κ1) is 14.3. The van der Waals surface area contributed by atoms with E-state index in [4.69, 9.17) is 11.5 Å². The van der Waals surface area contributed by atoms with E-state index in [0.717, 1.165) is 0 Å². The molecule has 0 aliphatic carbocycles. The van der Waals surface area contributed by atoms with Gasteiger partial charge >= 0.3 is 0 Å². The quantitative estimate of drug-likeness (QED) is 0.548. The first-order valence-corrected chi connectivity index (χ1v) is 8.56. The molecule has 9 nitrogen and oxygen atoms in total. The smallest absolute Gasteiger partial charge is 0.211 e. The maximum Gasteiger partial charge on any atom is 0.211 e. The number of aromatic nitrogens is 2. The summed E-state index contributed by atoms with van der Waals surface area (Å²) in [5.74, 6) is 0.800. The number of hydrogen-bond acceptors (Lipinski definition) is 7. The molecule has 0 radical (unpaired) electrons. The highest BCUT2D eigenvalue weighted by Gasteiger charge is 2.44. The molecule has 1 atom stereocenters. The van der Waals surface area contributed by atoms with Crippen molar-refractivity contribution in [3.63, 3.8) is 0 Å². The molecule has 0 amide bonds. The maximum absolute atomic E-state index is 11.6. The van der Waals surface area contributed by atoms with Crippen LogP contribution in [-0.2, 0) is 15.7 Å². The largest absolute Gasteiger partial charge is 0.370 e. The highest BCUT2D eigenvalue weighted by Crippen LogP contribution is 2.39. The molecule has 2 aliphatic heterocycles. The van der Waals surface area contributed by atoms with E-state index >= 15 is 0 Å². The van der Waals surface area contributed by atoms with Gasteiger partial charge in [-0.05, 0) is 12.8 Å². The average Bonchev–Trinajstić information content (AvgIpc) is 2.86. The first-order chi connectivity index (χ1) is 9.80. The molecule has 116 valence electrons. The van der Waals surface area contributed by atoms with Gasteiger partial charge in [0, 0.05) is 19.0 Å². The van der Waals surface area contributed by atoms with E-state index < -0.39 is 15.7 Å². The van der Waals surface area contributed by atoms with Crippen LogP contribution in [0.5, 0.6) is 0 Å². The zero-order chi connectivity index (χ0) is 15.3. The van der Waals surface area contributed by atoms with Crippen LogP contribution in [0.1, 0.15) is 18.5 Å². The van der Waals surface area contributed by atoms with Crippen molar-refractivity contribution in [3.05, 3.63) is 12.0 Å². The Balaban J connectivity index is 1.86. The number of nitrogens with zero attached hydrogens (tertiary/aromatic N) is 3. The topological polar surface area (TPSA) is 142 Å². The van der Waals surface area contributed by atoms with Crippen LogP contribution in [0.4, 0.5) is 5.82 Å². The molecule has 1 fully saturated rings. The van der Waals surface area contributed by atoms with Crippen LogP contribution >= 0.6 is 0 Å². The van der Waals surface area contributed by atoms with Gasteiger partial charge in [0.15, 0.2) is 17.4 Å². The van der Waals surface area contributed by atoms with Crippen LogP contribution in [0.2, 0.25) is 0 Å². The molecule has 1 aromatic rings. The minimum Gasteiger partial charge on any atom is -0.370 e. The fourth-order valence-electron chi connectivity index (χ4n) is 3.02. The summed E-state index contributed by atoms with van der Waals surface area (Å²) in [5.41, 5.74) is 12.0. The van der Waals surface area contributed by atoms with Gasteiger partial charge in [0.1, 0.15) is 5.69 Å². The van der Waals surface area contributed by atoms with Gasteiger partial charge < -0.3 is 21.8 Å². The van der Waals surface area contributed by atoms with E-state index in [2.05, 4.69) is 20.3 Å². The number of H-pyrrole nitrogens is 1. The van der Waals surface area contributed by atoms with Crippen LogP contribution in [0, 0.1) is 5.92 Å². The van der Waals surface area contributed by atoms with E-state index in [0.29, 0.717) is 37.4 Å². The van der Waals surface area contributed by atoms with Gasteiger partial charge in [-0.2, -0.15) is 0 Å². The van der Waals surface area contributed by atoms with E-state index in [1.54, 1.807) is 6.33 Å². The second-order valence-corrected chi connectivity index (χ2v) is 7.49. The Morgan fingerprint density at radius 2 is 2.10 bits per heavy atom. The molecule has 3 heterocycles. The Kier molecular flexibility index (Phi) is 3.19. The maximum atomic E-state index is 11.6. The Labute approximate surface area is 122 Å². The number of nitrogens with one attached hydrogen (secondary N) is 2. The summed E-state index contributed by atoms with van der Waals surface area (Å²) in [6.07, 6.45) is 4.01. The van der Waals surface area contributed by atoms with Crippen molar-refractivity contribution in [2.45, 2.75) is 18.5 Å². The Morgan fingerprint density at radius 3 is 2.71 bits per heavy atom. The standard InChI is InChI=1S/C11H19N7O2S/c1-21(19,20)18-4-2-7(3-5-18)11(13)8-9(15-6-14-8)16-10(12)17-11/h6-7H,2-5,13H2,1H3,(H,14,15)(H3,12,16,17). The van der Waals surface area contributed by atoms with Gasteiger partial charge in [-0.25, -0.2) is 22.7 Å². The molecule has 21 heavy (non-hydrogen) atoms. The monoisotopic (exact) mass is 313 g/mol. The van der Waals surface area contributed by atoms with Crippen molar-refractivity contribution in [1.82, 2.24) is 14.3 Å². The molecule has 1 unspecified atom stereocenters. The molecule has 0 saturated carbocycles. The summed E-state index contributed by atoms with van der Waals surface area (Å²) in [5, 5.41) is 2.87. The fourth-order valence-corrected chi connectivity index (χ4v) is 3.90. The minimum atomic E-state index is -3.16. The molecule has 1 saturated heterocycles. The van der Waals surface area contributed by atoms with Crippen molar-refractivity contribution in [2.24, 2.45) is 22.4 Å². The SMILES string of the molecule is CS(=O)(=O)N1CCC(C2(N)N=C(N)Nc3nc[nH]c32)CC1.